The Morgan fingerprint density at radius 2 is 2.22 bits per heavy atom. The molecule has 0 saturated heterocycles. The molecule has 1 aromatic carbocycles. The van der Waals surface area contributed by atoms with Crippen molar-refractivity contribution in [3.63, 3.8) is 0 Å². The van der Waals surface area contributed by atoms with Gasteiger partial charge in [-0.05, 0) is 31.4 Å². The van der Waals surface area contributed by atoms with Crippen LogP contribution in [0.1, 0.15) is 36.6 Å². The van der Waals surface area contributed by atoms with E-state index in [4.69, 9.17) is 0 Å². The Bertz CT molecular complexity index is 751. The average molecular weight is 348 g/mol. The van der Waals surface area contributed by atoms with Gasteiger partial charge in [-0.15, -0.1) is 11.8 Å². The first-order valence-corrected chi connectivity index (χ1v) is 9.67. The number of aromatic nitrogens is 1. The summed E-state index contributed by atoms with van der Waals surface area (Å²) in [4.78, 5) is 25.2. The molecule has 0 saturated carbocycles. The SMILES string of the molecule is Cc1csc(=O)n1CCCC(=O)N[C@H]1CCSc2ccccc21. The highest BCUT2D eigenvalue weighted by Crippen LogP contribution is 2.35. The third kappa shape index (κ3) is 3.87. The summed E-state index contributed by atoms with van der Waals surface area (Å²) in [6.45, 7) is 2.54. The summed E-state index contributed by atoms with van der Waals surface area (Å²) in [5.74, 6) is 1.10. The number of carbonyl (C=O) groups excluding carboxylic acids is 1. The summed E-state index contributed by atoms with van der Waals surface area (Å²) in [5, 5.41) is 5.01. The highest BCUT2D eigenvalue weighted by atomic mass is 32.2. The zero-order valence-electron chi connectivity index (χ0n) is 13.1. The van der Waals surface area contributed by atoms with Gasteiger partial charge in [0.2, 0.25) is 5.91 Å². The number of fused-ring (bicyclic) bond motifs is 1. The number of carbonyl (C=O) groups is 1. The van der Waals surface area contributed by atoms with Crippen LogP contribution in [0.15, 0.2) is 39.3 Å². The molecule has 1 aliphatic rings. The highest BCUT2D eigenvalue weighted by Gasteiger charge is 2.21. The van der Waals surface area contributed by atoms with Crippen LogP contribution in [0.25, 0.3) is 0 Å². The second kappa shape index (κ2) is 7.36. The molecule has 1 aliphatic heterocycles. The van der Waals surface area contributed by atoms with E-state index in [1.165, 1.54) is 21.8 Å². The van der Waals surface area contributed by atoms with Crippen molar-refractivity contribution in [2.24, 2.45) is 0 Å². The zero-order valence-corrected chi connectivity index (χ0v) is 14.7. The van der Waals surface area contributed by atoms with E-state index >= 15 is 0 Å². The standard InChI is InChI=1S/C17H20N2O2S2/c1-12-11-23-17(21)19(12)9-4-7-16(20)18-14-8-10-22-15-6-3-2-5-13(14)15/h2-3,5-6,11,14H,4,7-10H2,1H3,(H,18,20)/t14-/m0/s1. The number of thiazole rings is 1. The number of benzene rings is 1. The number of rotatable bonds is 5. The van der Waals surface area contributed by atoms with E-state index < -0.39 is 0 Å². The van der Waals surface area contributed by atoms with Crippen LogP contribution in [0.3, 0.4) is 0 Å². The lowest BCUT2D eigenvalue weighted by atomic mass is 10.0. The molecule has 0 spiro atoms. The van der Waals surface area contributed by atoms with Gasteiger partial charge >= 0.3 is 4.87 Å². The minimum atomic E-state index is 0.0566. The van der Waals surface area contributed by atoms with Crippen LogP contribution in [0, 0.1) is 6.92 Å². The number of nitrogens with zero attached hydrogens (tertiary/aromatic N) is 1. The molecule has 2 aromatic rings. The van der Waals surface area contributed by atoms with Crippen molar-refractivity contribution in [1.82, 2.24) is 9.88 Å². The Balaban J connectivity index is 1.53. The Labute approximate surface area is 143 Å². The lowest BCUT2D eigenvalue weighted by molar-refractivity contribution is -0.122. The van der Waals surface area contributed by atoms with Gasteiger partial charge in [-0.2, -0.15) is 0 Å². The Morgan fingerprint density at radius 1 is 1.39 bits per heavy atom. The number of aryl methyl sites for hydroxylation is 1. The first kappa shape index (κ1) is 16.3. The normalized spacial score (nSPS) is 16.8. The maximum Gasteiger partial charge on any atom is 0.307 e. The van der Waals surface area contributed by atoms with Gasteiger partial charge in [-0.3, -0.25) is 9.59 Å². The summed E-state index contributed by atoms with van der Waals surface area (Å²) < 4.78 is 1.74. The number of nitrogens with one attached hydrogen (secondary N) is 1. The molecular formula is C17H20N2O2S2. The second-order valence-corrected chi connectivity index (χ2v) is 7.65. The van der Waals surface area contributed by atoms with Crippen LogP contribution < -0.4 is 10.2 Å². The van der Waals surface area contributed by atoms with Gasteiger partial charge in [0, 0.05) is 34.7 Å². The van der Waals surface area contributed by atoms with Crippen molar-refractivity contribution in [1.29, 1.82) is 0 Å². The van der Waals surface area contributed by atoms with Crippen LogP contribution in [-0.2, 0) is 11.3 Å². The summed E-state index contributed by atoms with van der Waals surface area (Å²) in [5.41, 5.74) is 2.20. The molecule has 4 nitrogen and oxygen atoms in total. The van der Waals surface area contributed by atoms with Gasteiger partial charge in [0.05, 0.1) is 6.04 Å². The number of hydrogen-bond donors (Lipinski definition) is 1. The van der Waals surface area contributed by atoms with Crippen molar-refractivity contribution >= 4 is 29.0 Å². The molecule has 2 heterocycles. The molecule has 1 N–H and O–H groups in total. The maximum atomic E-state index is 12.2. The molecule has 0 aliphatic carbocycles. The predicted molar refractivity (Wildman–Crippen MR) is 95.2 cm³/mol. The Kier molecular flexibility index (Phi) is 5.23. The van der Waals surface area contributed by atoms with E-state index in [2.05, 4.69) is 17.4 Å². The molecule has 0 fully saturated rings. The summed E-state index contributed by atoms with van der Waals surface area (Å²) in [6, 6.07) is 8.39. The largest absolute Gasteiger partial charge is 0.349 e. The van der Waals surface area contributed by atoms with Crippen molar-refractivity contribution in [2.45, 2.75) is 43.7 Å². The van der Waals surface area contributed by atoms with Gasteiger partial charge in [-0.25, -0.2) is 0 Å². The second-order valence-electron chi connectivity index (χ2n) is 5.69. The molecule has 6 heteroatoms. The third-order valence-electron chi connectivity index (χ3n) is 4.06. The van der Waals surface area contributed by atoms with Gasteiger partial charge in [0.15, 0.2) is 0 Å². The van der Waals surface area contributed by atoms with Crippen LogP contribution in [-0.4, -0.2) is 16.2 Å². The molecule has 1 amide bonds. The van der Waals surface area contributed by atoms with E-state index in [0.717, 1.165) is 17.9 Å². The summed E-state index contributed by atoms with van der Waals surface area (Å²) in [6.07, 6.45) is 2.11. The minimum Gasteiger partial charge on any atom is -0.349 e. The zero-order chi connectivity index (χ0) is 16.2. The number of hydrogen-bond acceptors (Lipinski definition) is 4. The Morgan fingerprint density at radius 3 is 3.00 bits per heavy atom. The van der Waals surface area contributed by atoms with E-state index in [9.17, 15) is 9.59 Å². The predicted octanol–water partition coefficient (Wildman–Crippen LogP) is 3.35. The fourth-order valence-electron chi connectivity index (χ4n) is 2.83. The van der Waals surface area contributed by atoms with Crippen LogP contribution in [0.5, 0.6) is 0 Å². The molecular weight excluding hydrogens is 328 g/mol. The maximum absolute atomic E-state index is 12.2. The molecule has 1 aromatic heterocycles. The summed E-state index contributed by atoms with van der Waals surface area (Å²) >= 11 is 3.07. The third-order valence-corrected chi connectivity index (χ3v) is 6.06. The quantitative estimate of drug-likeness (QED) is 0.901. The molecule has 122 valence electrons. The van der Waals surface area contributed by atoms with Gasteiger partial charge in [0.25, 0.3) is 0 Å². The van der Waals surface area contributed by atoms with Gasteiger partial charge < -0.3 is 9.88 Å². The van der Waals surface area contributed by atoms with Crippen LogP contribution in [0.2, 0.25) is 0 Å². The van der Waals surface area contributed by atoms with Crippen molar-refractivity contribution < 1.29 is 4.79 Å². The van der Waals surface area contributed by atoms with Gasteiger partial charge in [-0.1, -0.05) is 29.5 Å². The summed E-state index contributed by atoms with van der Waals surface area (Å²) in [7, 11) is 0. The van der Waals surface area contributed by atoms with Crippen molar-refractivity contribution in [3.05, 3.63) is 50.6 Å². The van der Waals surface area contributed by atoms with Crippen LogP contribution >= 0.6 is 23.1 Å². The smallest absolute Gasteiger partial charge is 0.307 e. The number of amides is 1. The fourth-order valence-corrected chi connectivity index (χ4v) is 4.72. The lowest BCUT2D eigenvalue weighted by Gasteiger charge is -2.25. The lowest BCUT2D eigenvalue weighted by Crippen LogP contribution is -2.30. The van der Waals surface area contributed by atoms with Gasteiger partial charge in [0.1, 0.15) is 0 Å². The average Bonchev–Trinajstić information content (AvgIpc) is 2.87. The number of thioether (sulfide) groups is 1. The molecule has 0 radical (unpaired) electrons. The monoisotopic (exact) mass is 348 g/mol. The first-order chi connectivity index (χ1) is 11.1. The van der Waals surface area contributed by atoms with E-state index in [0.29, 0.717) is 19.4 Å². The van der Waals surface area contributed by atoms with Crippen LogP contribution in [0.4, 0.5) is 0 Å². The van der Waals surface area contributed by atoms with E-state index in [1.807, 2.05) is 36.2 Å². The highest BCUT2D eigenvalue weighted by molar-refractivity contribution is 7.99. The molecule has 23 heavy (non-hydrogen) atoms. The fraction of sp³-hybridized carbons (Fsp3) is 0.412. The molecule has 0 bridgehead atoms. The molecule has 3 rings (SSSR count). The Hall–Kier alpha value is -1.53. The van der Waals surface area contributed by atoms with Crippen molar-refractivity contribution in [3.8, 4) is 0 Å². The first-order valence-electron chi connectivity index (χ1n) is 7.81. The molecule has 0 unspecified atom stereocenters. The minimum absolute atomic E-state index is 0.0566. The molecule has 1 atom stereocenters. The topological polar surface area (TPSA) is 51.1 Å². The van der Waals surface area contributed by atoms with E-state index in [-0.39, 0.29) is 16.8 Å². The van der Waals surface area contributed by atoms with Crippen molar-refractivity contribution in [2.75, 3.05) is 5.75 Å². The van der Waals surface area contributed by atoms with E-state index in [1.54, 1.807) is 4.57 Å².